The molecule has 8 nitrogen and oxygen atoms in total. The number of nitrogens with zero attached hydrogens (tertiary/aromatic N) is 4. The van der Waals surface area contributed by atoms with Crippen LogP contribution in [0.25, 0.3) is 0 Å². The lowest BCUT2D eigenvalue weighted by Gasteiger charge is -2.36. The van der Waals surface area contributed by atoms with E-state index in [9.17, 15) is 9.59 Å². The van der Waals surface area contributed by atoms with Crippen molar-refractivity contribution in [3.05, 3.63) is 24.3 Å². The van der Waals surface area contributed by atoms with Gasteiger partial charge in [-0.25, -0.2) is 9.97 Å². The fourth-order valence-corrected chi connectivity index (χ4v) is 4.73. The summed E-state index contributed by atoms with van der Waals surface area (Å²) in [5, 5.41) is 3.18. The molecule has 0 aliphatic carbocycles. The number of ether oxygens (including phenoxy) is 1. The Kier molecular flexibility index (Phi) is 6.40. The van der Waals surface area contributed by atoms with Gasteiger partial charge in [0.05, 0.1) is 12.1 Å². The molecule has 0 spiro atoms. The SMILES string of the molecule is CN1CCC(NC(=O)[C@@H]2CC[C@@H]3[C@@H](CCN3C(=O)CCc3cncnc3)O2)CC1. The molecule has 1 aromatic rings. The van der Waals surface area contributed by atoms with E-state index in [2.05, 4.69) is 27.2 Å². The summed E-state index contributed by atoms with van der Waals surface area (Å²) >= 11 is 0. The number of carbonyl (C=O) groups is 2. The number of rotatable bonds is 5. The normalized spacial score (nSPS) is 28.2. The smallest absolute Gasteiger partial charge is 0.249 e. The zero-order valence-electron chi connectivity index (χ0n) is 17.1. The van der Waals surface area contributed by atoms with E-state index in [4.69, 9.17) is 4.74 Å². The molecule has 3 aliphatic heterocycles. The molecule has 3 saturated heterocycles. The van der Waals surface area contributed by atoms with E-state index in [1.54, 1.807) is 12.4 Å². The van der Waals surface area contributed by atoms with Gasteiger partial charge in [-0.05, 0) is 64.2 Å². The van der Waals surface area contributed by atoms with Gasteiger partial charge < -0.3 is 19.9 Å². The first-order valence-corrected chi connectivity index (χ1v) is 10.8. The average molecular weight is 402 g/mol. The molecule has 3 fully saturated rings. The van der Waals surface area contributed by atoms with Crippen LogP contribution < -0.4 is 5.32 Å². The Morgan fingerprint density at radius 2 is 1.86 bits per heavy atom. The predicted octanol–water partition coefficient (Wildman–Crippen LogP) is 0.768. The van der Waals surface area contributed by atoms with Crippen molar-refractivity contribution < 1.29 is 14.3 Å². The second kappa shape index (κ2) is 9.17. The largest absolute Gasteiger partial charge is 0.363 e. The second-order valence-electron chi connectivity index (χ2n) is 8.52. The van der Waals surface area contributed by atoms with E-state index in [-0.39, 0.29) is 36.1 Å². The van der Waals surface area contributed by atoms with E-state index in [1.165, 1.54) is 6.33 Å². The van der Waals surface area contributed by atoms with E-state index >= 15 is 0 Å². The van der Waals surface area contributed by atoms with Crippen molar-refractivity contribution in [1.29, 1.82) is 0 Å². The highest BCUT2D eigenvalue weighted by molar-refractivity contribution is 5.81. The van der Waals surface area contributed by atoms with Crippen LogP contribution in [0.5, 0.6) is 0 Å². The Balaban J connectivity index is 1.25. The van der Waals surface area contributed by atoms with Crippen molar-refractivity contribution in [2.45, 2.75) is 69.2 Å². The van der Waals surface area contributed by atoms with E-state index in [1.807, 2.05) is 4.90 Å². The molecule has 4 rings (SSSR count). The van der Waals surface area contributed by atoms with Crippen molar-refractivity contribution in [2.24, 2.45) is 0 Å². The maximum atomic E-state index is 12.7. The Bertz CT molecular complexity index is 708. The maximum Gasteiger partial charge on any atom is 0.249 e. The summed E-state index contributed by atoms with van der Waals surface area (Å²) < 4.78 is 6.14. The van der Waals surface area contributed by atoms with Crippen LogP contribution in [-0.2, 0) is 20.7 Å². The van der Waals surface area contributed by atoms with Gasteiger partial charge in [0.15, 0.2) is 0 Å². The number of piperidine rings is 1. The van der Waals surface area contributed by atoms with Crippen LogP contribution in [0.4, 0.5) is 0 Å². The van der Waals surface area contributed by atoms with Gasteiger partial charge in [0.25, 0.3) is 0 Å². The number of nitrogens with one attached hydrogen (secondary N) is 1. The second-order valence-corrected chi connectivity index (χ2v) is 8.52. The Hall–Kier alpha value is -2.06. The molecule has 8 heteroatoms. The molecule has 0 saturated carbocycles. The fraction of sp³-hybridized carbons (Fsp3) is 0.714. The maximum absolute atomic E-state index is 12.7. The molecule has 0 unspecified atom stereocenters. The number of hydrogen-bond acceptors (Lipinski definition) is 6. The number of fused-ring (bicyclic) bond motifs is 1. The van der Waals surface area contributed by atoms with Crippen molar-refractivity contribution in [2.75, 3.05) is 26.7 Å². The van der Waals surface area contributed by atoms with Gasteiger partial charge in [0.2, 0.25) is 11.8 Å². The third-order valence-corrected chi connectivity index (χ3v) is 6.47. The van der Waals surface area contributed by atoms with Crippen LogP contribution in [-0.4, -0.2) is 82.6 Å². The average Bonchev–Trinajstić information content (AvgIpc) is 3.18. The van der Waals surface area contributed by atoms with Gasteiger partial charge >= 0.3 is 0 Å². The molecule has 3 atom stereocenters. The monoisotopic (exact) mass is 401 g/mol. The summed E-state index contributed by atoms with van der Waals surface area (Å²) in [6, 6.07) is 0.352. The highest BCUT2D eigenvalue weighted by Gasteiger charge is 2.43. The minimum atomic E-state index is -0.382. The van der Waals surface area contributed by atoms with Crippen molar-refractivity contribution in [1.82, 2.24) is 25.1 Å². The van der Waals surface area contributed by atoms with Crippen LogP contribution in [0.3, 0.4) is 0 Å². The van der Waals surface area contributed by atoms with Crippen molar-refractivity contribution >= 4 is 11.8 Å². The van der Waals surface area contributed by atoms with Gasteiger partial charge in [-0.15, -0.1) is 0 Å². The quantitative estimate of drug-likeness (QED) is 0.784. The summed E-state index contributed by atoms with van der Waals surface area (Å²) in [6.45, 7) is 2.75. The van der Waals surface area contributed by atoms with Crippen molar-refractivity contribution in [3.8, 4) is 0 Å². The minimum Gasteiger partial charge on any atom is -0.363 e. The Morgan fingerprint density at radius 1 is 1.10 bits per heavy atom. The molecule has 29 heavy (non-hydrogen) atoms. The summed E-state index contributed by atoms with van der Waals surface area (Å²) in [6.07, 6.45) is 10.0. The van der Waals surface area contributed by atoms with Gasteiger partial charge in [0, 0.05) is 31.4 Å². The van der Waals surface area contributed by atoms with Gasteiger partial charge in [-0.3, -0.25) is 9.59 Å². The van der Waals surface area contributed by atoms with Crippen LogP contribution in [0.2, 0.25) is 0 Å². The lowest BCUT2D eigenvalue weighted by Crippen LogP contribution is -2.52. The molecule has 3 aliphatic rings. The molecule has 1 aromatic heterocycles. The third kappa shape index (κ3) is 4.93. The zero-order chi connectivity index (χ0) is 20.2. The topological polar surface area (TPSA) is 87.7 Å². The van der Waals surface area contributed by atoms with E-state index in [0.29, 0.717) is 25.8 Å². The Labute approximate surface area is 172 Å². The molecule has 4 heterocycles. The fourth-order valence-electron chi connectivity index (χ4n) is 4.73. The van der Waals surface area contributed by atoms with Gasteiger partial charge in [-0.2, -0.15) is 0 Å². The van der Waals surface area contributed by atoms with E-state index < -0.39 is 0 Å². The molecule has 2 amide bonds. The summed E-state index contributed by atoms with van der Waals surface area (Å²) in [4.78, 5) is 37.6. The summed E-state index contributed by atoms with van der Waals surface area (Å²) in [7, 11) is 2.11. The first kappa shape index (κ1) is 20.2. The highest BCUT2D eigenvalue weighted by Crippen LogP contribution is 2.32. The number of likely N-dealkylation sites (tertiary alicyclic amines) is 2. The summed E-state index contributed by atoms with van der Waals surface area (Å²) in [5.74, 6) is 0.172. The molecule has 0 aromatic carbocycles. The number of carbonyl (C=O) groups excluding carboxylic acids is 2. The standard InChI is InChI=1S/C21H31N5O3/c1-25-9-6-16(7-10-25)24-21(28)19-4-3-17-18(29-19)8-11-26(17)20(27)5-2-15-12-22-14-23-13-15/h12-14,16-19H,2-11H2,1H3,(H,24,28)/t17-,18-,19+/m1/s1. The number of amides is 2. The third-order valence-electron chi connectivity index (χ3n) is 6.47. The molecule has 0 radical (unpaired) electrons. The zero-order valence-corrected chi connectivity index (χ0v) is 17.1. The number of aromatic nitrogens is 2. The van der Waals surface area contributed by atoms with E-state index in [0.717, 1.165) is 44.3 Å². The summed E-state index contributed by atoms with van der Waals surface area (Å²) in [5.41, 5.74) is 0.974. The predicted molar refractivity (Wildman–Crippen MR) is 107 cm³/mol. The van der Waals surface area contributed by atoms with Gasteiger partial charge in [0.1, 0.15) is 12.4 Å². The molecule has 158 valence electrons. The first-order valence-electron chi connectivity index (χ1n) is 10.8. The Morgan fingerprint density at radius 3 is 2.62 bits per heavy atom. The van der Waals surface area contributed by atoms with Crippen LogP contribution in [0.1, 0.15) is 44.1 Å². The number of hydrogen-bond donors (Lipinski definition) is 1. The highest BCUT2D eigenvalue weighted by atomic mass is 16.5. The van der Waals surface area contributed by atoms with Crippen molar-refractivity contribution in [3.63, 3.8) is 0 Å². The molecule has 0 bridgehead atoms. The molecule has 1 N–H and O–H groups in total. The lowest BCUT2D eigenvalue weighted by atomic mass is 9.97. The minimum absolute atomic E-state index is 0.0202. The van der Waals surface area contributed by atoms with Crippen LogP contribution in [0, 0.1) is 0 Å². The molecular formula is C21H31N5O3. The molecular weight excluding hydrogens is 370 g/mol. The number of aryl methyl sites for hydroxylation is 1. The lowest BCUT2D eigenvalue weighted by molar-refractivity contribution is -0.147. The van der Waals surface area contributed by atoms with Crippen LogP contribution in [0.15, 0.2) is 18.7 Å². The first-order chi connectivity index (χ1) is 14.1. The van der Waals surface area contributed by atoms with Crippen LogP contribution >= 0.6 is 0 Å². The van der Waals surface area contributed by atoms with Gasteiger partial charge in [-0.1, -0.05) is 0 Å².